The lowest BCUT2D eigenvalue weighted by Crippen LogP contribution is -2.50. The number of rotatable bonds is 5. The second kappa shape index (κ2) is 6.74. The SMILES string of the molecule is CCS(=O)(=O)N1CCOCC(O)(COc2ccccc2)C1. The Hall–Kier alpha value is -1.15. The average molecular weight is 315 g/mol. The summed E-state index contributed by atoms with van der Waals surface area (Å²) in [5.41, 5.74) is -1.35. The van der Waals surface area contributed by atoms with Crippen molar-refractivity contribution in [2.45, 2.75) is 12.5 Å². The molecule has 118 valence electrons. The van der Waals surface area contributed by atoms with Gasteiger partial charge in [-0.2, -0.15) is 4.31 Å². The van der Waals surface area contributed by atoms with Gasteiger partial charge in [-0.1, -0.05) is 18.2 Å². The normalized spacial score (nSPS) is 24.5. The first kappa shape index (κ1) is 16.2. The van der Waals surface area contributed by atoms with Gasteiger partial charge in [0.15, 0.2) is 0 Å². The highest BCUT2D eigenvalue weighted by molar-refractivity contribution is 7.89. The number of aliphatic hydroxyl groups is 1. The van der Waals surface area contributed by atoms with Crippen molar-refractivity contribution in [3.05, 3.63) is 30.3 Å². The Morgan fingerprint density at radius 1 is 1.38 bits per heavy atom. The molecule has 1 aliphatic heterocycles. The molecule has 0 spiro atoms. The van der Waals surface area contributed by atoms with E-state index in [1.807, 2.05) is 18.2 Å². The van der Waals surface area contributed by atoms with Gasteiger partial charge in [0.05, 0.1) is 19.0 Å². The fraction of sp³-hybridized carbons (Fsp3) is 0.571. The zero-order valence-electron chi connectivity index (χ0n) is 12.1. The van der Waals surface area contributed by atoms with Crippen LogP contribution in [0.1, 0.15) is 6.92 Å². The Morgan fingerprint density at radius 2 is 2.10 bits per heavy atom. The van der Waals surface area contributed by atoms with Crippen molar-refractivity contribution < 1.29 is 23.0 Å². The lowest BCUT2D eigenvalue weighted by Gasteiger charge is -2.29. The summed E-state index contributed by atoms with van der Waals surface area (Å²) in [4.78, 5) is 0. The van der Waals surface area contributed by atoms with Crippen LogP contribution in [-0.4, -0.2) is 62.1 Å². The number of sulfonamides is 1. The molecule has 0 aromatic heterocycles. The largest absolute Gasteiger partial charge is 0.490 e. The van der Waals surface area contributed by atoms with Gasteiger partial charge in [-0.15, -0.1) is 0 Å². The molecule has 0 bridgehead atoms. The number of β-amino-alcohol motifs (C(OH)–C–C–N with tert-alkyl or cyclic N) is 1. The molecule has 1 fully saturated rings. The van der Waals surface area contributed by atoms with Gasteiger partial charge in [0.1, 0.15) is 18.0 Å². The van der Waals surface area contributed by atoms with Gasteiger partial charge in [-0.05, 0) is 19.1 Å². The smallest absolute Gasteiger partial charge is 0.214 e. The Bertz CT molecular complexity index is 548. The molecular formula is C14H21NO5S. The van der Waals surface area contributed by atoms with Gasteiger partial charge >= 0.3 is 0 Å². The highest BCUT2D eigenvalue weighted by atomic mass is 32.2. The van der Waals surface area contributed by atoms with Crippen LogP contribution in [0.2, 0.25) is 0 Å². The van der Waals surface area contributed by atoms with E-state index in [2.05, 4.69) is 0 Å². The van der Waals surface area contributed by atoms with Gasteiger partial charge in [0.25, 0.3) is 0 Å². The summed E-state index contributed by atoms with van der Waals surface area (Å²) in [6, 6.07) is 9.09. The van der Waals surface area contributed by atoms with Crippen LogP contribution in [-0.2, 0) is 14.8 Å². The Labute approximate surface area is 125 Å². The summed E-state index contributed by atoms with van der Waals surface area (Å²) < 4.78 is 36.1. The standard InChI is InChI=1S/C14H21NO5S/c1-2-21(17,18)15-8-9-19-11-14(16,10-15)12-20-13-6-4-3-5-7-13/h3-7,16H,2,8-12H2,1H3. The van der Waals surface area contributed by atoms with E-state index in [1.165, 1.54) is 4.31 Å². The summed E-state index contributed by atoms with van der Waals surface area (Å²) >= 11 is 0. The fourth-order valence-electron chi connectivity index (χ4n) is 2.12. The summed E-state index contributed by atoms with van der Waals surface area (Å²) in [6.07, 6.45) is 0. The van der Waals surface area contributed by atoms with Crippen molar-refractivity contribution >= 4 is 10.0 Å². The molecule has 1 aromatic carbocycles. The summed E-state index contributed by atoms with van der Waals surface area (Å²) in [7, 11) is -3.36. The first-order valence-electron chi connectivity index (χ1n) is 6.91. The van der Waals surface area contributed by atoms with Gasteiger partial charge < -0.3 is 14.6 Å². The minimum absolute atomic E-state index is 0.00260. The number of para-hydroxylation sites is 1. The van der Waals surface area contributed by atoms with Crippen molar-refractivity contribution in [1.82, 2.24) is 4.31 Å². The van der Waals surface area contributed by atoms with Gasteiger partial charge in [0, 0.05) is 13.1 Å². The predicted octanol–water partition coefficient (Wildman–Crippen LogP) is 0.478. The monoisotopic (exact) mass is 315 g/mol. The maximum atomic E-state index is 12.0. The van der Waals surface area contributed by atoms with Crippen molar-refractivity contribution in [2.24, 2.45) is 0 Å². The first-order valence-corrected chi connectivity index (χ1v) is 8.52. The number of hydrogen-bond acceptors (Lipinski definition) is 5. The van der Waals surface area contributed by atoms with E-state index < -0.39 is 15.6 Å². The average Bonchev–Trinajstić information content (AvgIpc) is 2.69. The molecule has 1 aromatic rings. The summed E-state index contributed by atoms with van der Waals surface area (Å²) in [5, 5.41) is 10.6. The van der Waals surface area contributed by atoms with Crippen LogP contribution in [0.3, 0.4) is 0 Å². The van der Waals surface area contributed by atoms with Gasteiger partial charge in [-0.25, -0.2) is 8.42 Å². The minimum atomic E-state index is -3.36. The van der Waals surface area contributed by atoms with E-state index in [1.54, 1.807) is 19.1 Å². The third kappa shape index (κ3) is 4.41. The molecular weight excluding hydrogens is 294 g/mol. The molecule has 0 saturated carbocycles. The summed E-state index contributed by atoms with van der Waals surface area (Å²) in [6.45, 7) is 2.12. The van der Waals surface area contributed by atoms with Gasteiger partial charge in [0.2, 0.25) is 10.0 Å². The first-order chi connectivity index (χ1) is 9.95. The lowest BCUT2D eigenvalue weighted by molar-refractivity contribution is -0.0594. The Morgan fingerprint density at radius 3 is 2.76 bits per heavy atom. The molecule has 1 heterocycles. The number of benzene rings is 1. The van der Waals surface area contributed by atoms with Crippen LogP contribution in [0.5, 0.6) is 5.75 Å². The van der Waals surface area contributed by atoms with Gasteiger partial charge in [-0.3, -0.25) is 0 Å². The van der Waals surface area contributed by atoms with E-state index >= 15 is 0 Å². The number of ether oxygens (including phenoxy) is 2. The second-order valence-electron chi connectivity index (χ2n) is 5.11. The van der Waals surface area contributed by atoms with Crippen molar-refractivity contribution in [2.75, 3.05) is 38.7 Å². The molecule has 1 saturated heterocycles. The lowest BCUT2D eigenvalue weighted by atomic mass is 10.1. The minimum Gasteiger partial charge on any atom is -0.490 e. The molecule has 1 aliphatic rings. The number of nitrogens with zero attached hydrogens (tertiary/aromatic N) is 1. The molecule has 0 radical (unpaired) electrons. The Balaban J connectivity index is 2.05. The molecule has 1 unspecified atom stereocenters. The van der Waals surface area contributed by atoms with E-state index in [4.69, 9.17) is 9.47 Å². The third-order valence-corrected chi connectivity index (χ3v) is 5.16. The van der Waals surface area contributed by atoms with Crippen LogP contribution in [0.4, 0.5) is 0 Å². The molecule has 0 aliphatic carbocycles. The highest BCUT2D eigenvalue weighted by Crippen LogP contribution is 2.18. The third-order valence-electron chi connectivity index (χ3n) is 3.34. The maximum absolute atomic E-state index is 12.0. The topological polar surface area (TPSA) is 76.1 Å². The number of hydrogen-bond donors (Lipinski definition) is 1. The second-order valence-corrected chi connectivity index (χ2v) is 7.37. The van der Waals surface area contributed by atoms with Crippen LogP contribution >= 0.6 is 0 Å². The fourth-order valence-corrected chi connectivity index (χ4v) is 3.28. The molecule has 1 N–H and O–H groups in total. The maximum Gasteiger partial charge on any atom is 0.214 e. The van der Waals surface area contributed by atoms with Crippen LogP contribution in [0.15, 0.2) is 30.3 Å². The van der Waals surface area contributed by atoms with E-state index in [0.29, 0.717) is 5.75 Å². The Kier molecular flexibility index (Phi) is 5.21. The molecule has 7 heteroatoms. The van der Waals surface area contributed by atoms with Crippen LogP contribution in [0.25, 0.3) is 0 Å². The molecule has 1 atom stereocenters. The van der Waals surface area contributed by atoms with E-state index in [-0.39, 0.29) is 38.7 Å². The van der Waals surface area contributed by atoms with E-state index in [0.717, 1.165) is 0 Å². The molecule has 21 heavy (non-hydrogen) atoms. The highest BCUT2D eigenvalue weighted by Gasteiger charge is 2.37. The molecule has 6 nitrogen and oxygen atoms in total. The quantitative estimate of drug-likeness (QED) is 0.855. The zero-order valence-corrected chi connectivity index (χ0v) is 12.9. The van der Waals surface area contributed by atoms with Crippen molar-refractivity contribution in [3.63, 3.8) is 0 Å². The molecule has 2 rings (SSSR count). The van der Waals surface area contributed by atoms with Crippen LogP contribution < -0.4 is 4.74 Å². The summed E-state index contributed by atoms with van der Waals surface area (Å²) in [5.74, 6) is 0.628. The van der Waals surface area contributed by atoms with Crippen molar-refractivity contribution in [1.29, 1.82) is 0 Å². The van der Waals surface area contributed by atoms with E-state index in [9.17, 15) is 13.5 Å². The molecule has 0 amide bonds. The van der Waals surface area contributed by atoms with Crippen molar-refractivity contribution in [3.8, 4) is 5.75 Å². The predicted molar refractivity (Wildman–Crippen MR) is 78.7 cm³/mol. The zero-order chi connectivity index (χ0) is 15.3. The van der Waals surface area contributed by atoms with Crippen LogP contribution in [0, 0.1) is 0 Å².